The van der Waals surface area contributed by atoms with Crippen LogP contribution in [0.4, 0.5) is 4.39 Å². The molecule has 0 aliphatic heterocycles. The number of rotatable bonds is 7. The molecule has 3 aromatic rings. The number of nitrogens with one attached hydrogen (secondary N) is 1. The summed E-state index contributed by atoms with van der Waals surface area (Å²) >= 11 is 0. The van der Waals surface area contributed by atoms with Crippen molar-refractivity contribution in [1.82, 2.24) is 4.98 Å². The number of aromatic amines is 1. The van der Waals surface area contributed by atoms with E-state index in [1.807, 2.05) is 43.3 Å². The van der Waals surface area contributed by atoms with Crippen molar-refractivity contribution >= 4 is 34.3 Å². The number of hydrogen-bond donors (Lipinski definition) is 1. The highest BCUT2D eigenvalue weighted by Crippen LogP contribution is 2.53. The Kier molecular flexibility index (Phi) is 8.18. The summed E-state index contributed by atoms with van der Waals surface area (Å²) in [7, 11) is 0. The third kappa shape index (κ3) is 6.14. The minimum atomic E-state index is -0.368. The topological polar surface area (TPSA) is 67.0 Å². The number of benzene rings is 2. The zero-order chi connectivity index (χ0) is 29.4. The fourth-order valence-corrected chi connectivity index (χ4v) is 7.93. The maximum atomic E-state index is 14.2. The normalized spacial score (nSPS) is 26.5. The van der Waals surface area contributed by atoms with Gasteiger partial charge in [-0.05, 0) is 90.7 Å². The quantitative estimate of drug-likeness (QED) is 0.235. The molecule has 2 fully saturated rings. The molecule has 2 aromatic carbocycles. The molecule has 2 saturated carbocycles. The lowest BCUT2D eigenvalue weighted by molar-refractivity contribution is -0.127. The number of Topliss-reactive ketones (excluding diaryl/α,β-unsaturated/α-hetero) is 2. The first-order valence-electron chi connectivity index (χ1n) is 15.1. The third-order valence-electron chi connectivity index (χ3n) is 9.88. The summed E-state index contributed by atoms with van der Waals surface area (Å²) in [6.45, 7) is 8.50. The first kappa shape index (κ1) is 29.2. The van der Waals surface area contributed by atoms with Gasteiger partial charge in [0.25, 0.3) is 0 Å². The molecule has 216 valence electrons. The van der Waals surface area contributed by atoms with Crippen LogP contribution in [0.1, 0.15) is 94.3 Å². The summed E-state index contributed by atoms with van der Waals surface area (Å²) in [5.41, 5.74) is 2.51. The van der Waals surface area contributed by atoms with Crippen LogP contribution in [0.15, 0.2) is 54.6 Å². The summed E-state index contributed by atoms with van der Waals surface area (Å²) in [4.78, 5) is 43.9. The average Bonchev–Trinajstić information content (AvgIpc) is 3.37. The summed E-state index contributed by atoms with van der Waals surface area (Å²) in [5.74, 6) is -0.463. The first-order valence-corrected chi connectivity index (χ1v) is 15.1. The average molecular weight is 556 g/mol. The van der Waals surface area contributed by atoms with Gasteiger partial charge in [0.05, 0.1) is 5.69 Å². The number of carbonyl (C=O) groups is 3. The molecule has 1 aromatic heterocycles. The number of halogens is 1. The van der Waals surface area contributed by atoms with Crippen LogP contribution in [-0.4, -0.2) is 22.3 Å². The molecule has 2 bridgehead atoms. The number of aromatic nitrogens is 1. The Bertz CT molecular complexity index is 1460. The van der Waals surface area contributed by atoms with Gasteiger partial charge in [0.2, 0.25) is 0 Å². The van der Waals surface area contributed by atoms with Crippen LogP contribution in [0.5, 0.6) is 0 Å². The molecular formula is C36H42FNO3. The molecule has 41 heavy (non-hydrogen) atoms. The van der Waals surface area contributed by atoms with Crippen molar-refractivity contribution < 1.29 is 18.8 Å². The highest BCUT2D eigenvalue weighted by atomic mass is 19.1. The fourth-order valence-electron chi connectivity index (χ4n) is 7.93. The number of H-pyrrole nitrogens is 1. The van der Waals surface area contributed by atoms with E-state index < -0.39 is 0 Å². The number of fused-ring (bicyclic) bond motifs is 3. The minimum absolute atomic E-state index is 0.000367. The van der Waals surface area contributed by atoms with Gasteiger partial charge in [0.1, 0.15) is 11.6 Å². The van der Waals surface area contributed by atoms with Crippen molar-refractivity contribution in [1.29, 1.82) is 0 Å². The lowest BCUT2D eigenvalue weighted by Gasteiger charge is -2.46. The Morgan fingerprint density at radius 2 is 1.85 bits per heavy atom. The van der Waals surface area contributed by atoms with Gasteiger partial charge in [-0.1, -0.05) is 64.1 Å². The van der Waals surface area contributed by atoms with E-state index >= 15 is 0 Å². The maximum Gasteiger partial charge on any atom is 0.179 e. The lowest BCUT2D eigenvalue weighted by Crippen LogP contribution is -2.39. The van der Waals surface area contributed by atoms with Crippen LogP contribution >= 0.6 is 0 Å². The van der Waals surface area contributed by atoms with E-state index in [9.17, 15) is 18.8 Å². The van der Waals surface area contributed by atoms with Crippen LogP contribution in [0.25, 0.3) is 17.0 Å². The number of para-hydroxylation sites is 1. The summed E-state index contributed by atoms with van der Waals surface area (Å²) < 4.78 is 14.2. The smallest absolute Gasteiger partial charge is 0.179 e. The van der Waals surface area contributed by atoms with Gasteiger partial charge in [0, 0.05) is 35.6 Å². The van der Waals surface area contributed by atoms with E-state index in [0.29, 0.717) is 30.5 Å². The third-order valence-corrected chi connectivity index (χ3v) is 9.88. The summed E-state index contributed by atoms with van der Waals surface area (Å²) in [6, 6.07) is 14.7. The van der Waals surface area contributed by atoms with Gasteiger partial charge < -0.3 is 4.98 Å². The SMILES string of the molecule is CCc1c(F)cccc1C=CC(=O)C1CCC2(C)CC1CCC(=O)C(CC(=O)c1cc3ccccc3[nH]1)C(C)(C)C2. The Hall–Kier alpha value is -3.34. The van der Waals surface area contributed by atoms with Crippen molar-refractivity contribution in [3.05, 3.63) is 77.2 Å². The number of allylic oxidation sites excluding steroid dienone is 1. The zero-order valence-electron chi connectivity index (χ0n) is 24.8. The van der Waals surface area contributed by atoms with Gasteiger partial charge in [-0.15, -0.1) is 0 Å². The molecule has 2 aliphatic rings. The molecule has 4 unspecified atom stereocenters. The van der Waals surface area contributed by atoms with E-state index in [2.05, 4.69) is 25.8 Å². The second-order valence-electron chi connectivity index (χ2n) is 13.4. The van der Waals surface area contributed by atoms with Gasteiger partial charge >= 0.3 is 0 Å². The van der Waals surface area contributed by atoms with Crippen molar-refractivity contribution in [2.45, 2.75) is 79.1 Å². The van der Waals surface area contributed by atoms with Gasteiger partial charge in [-0.3, -0.25) is 14.4 Å². The Labute approximate surface area is 242 Å². The van der Waals surface area contributed by atoms with Crippen LogP contribution in [0.3, 0.4) is 0 Å². The van der Waals surface area contributed by atoms with Crippen molar-refractivity contribution in [2.24, 2.45) is 28.6 Å². The van der Waals surface area contributed by atoms with E-state index in [4.69, 9.17) is 0 Å². The van der Waals surface area contributed by atoms with Crippen molar-refractivity contribution in [3.8, 4) is 0 Å². The largest absolute Gasteiger partial charge is 0.352 e. The van der Waals surface area contributed by atoms with E-state index in [0.717, 1.165) is 42.1 Å². The van der Waals surface area contributed by atoms with E-state index in [1.165, 1.54) is 6.07 Å². The van der Waals surface area contributed by atoms with Gasteiger partial charge in [-0.25, -0.2) is 4.39 Å². The van der Waals surface area contributed by atoms with Crippen molar-refractivity contribution in [3.63, 3.8) is 0 Å². The molecule has 1 heterocycles. The lowest BCUT2D eigenvalue weighted by atomic mass is 9.58. The van der Waals surface area contributed by atoms with Crippen molar-refractivity contribution in [2.75, 3.05) is 0 Å². The van der Waals surface area contributed by atoms with Crippen LogP contribution < -0.4 is 0 Å². The van der Waals surface area contributed by atoms with Gasteiger partial charge in [0.15, 0.2) is 11.6 Å². The predicted octanol–water partition coefficient (Wildman–Crippen LogP) is 8.54. The number of ketones is 3. The van der Waals surface area contributed by atoms with Crippen LogP contribution in [-0.2, 0) is 16.0 Å². The minimum Gasteiger partial charge on any atom is -0.352 e. The molecule has 5 heteroatoms. The molecule has 1 N–H and O–H groups in total. The zero-order valence-corrected chi connectivity index (χ0v) is 24.8. The number of carbonyl (C=O) groups excluding carboxylic acids is 3. The highest BCUT2D eigenvalue weighted by Gasteiger charge is 2.47. The van der Waals surface area contributed by atoms with Crippen LogP contribution in [0, 0.1) is 34.4 Å². The monoisotopic (exact) mass is 555 g/mol. The molecule has 0 radical (unpaired) electrons. The molecule has 5 rings (SSSR count). The summed E-state index contributed by atoms with van der Waals surface area (Å²) in [5, 5.41) is 0.991. The Morgan fingerprint density at radius 1 is 1.07 bits per heavy atom. The summed E-state index contributed by atoms with van der Waals surface area (Å²) in [6.07, 6.45) is 8.62. The van der Waals surface area contributed by atoms with Crippen LogP contribution in [0.2, 0.25) is 0 Å². The second kappa shape index (κ2) is 11.5. The second-order valence-corrected chi connectivity index (χ2v) is 13.4. The molecule has 4 nitrogen and oxygen atoms in total. The molecule has 4 atom stereocenters. The van der Waals surface area contributed by atoms with E-state index in [-0.39, 0.29) is 58.2 Å². The Morgan fingerprint density at radius 3 is 2.61 bits per heavy atom. The first-order chi connectivity index (χ1) is 19.5. The molecule has 0 amide bonds. The molecule has 2 aliphatic carbocycles. The van der Waals surface area contributed by atoms with Gasteiger partial charge in [-0.2, -0.15) is 0 Å². The predicted molar refractivity (Wildman–Crippen MR) is 162 cm³/mol. The Balaban J connectivity index is 1.34. The van der Waals surface area contributed by atoms with E-state index in [1.54, 1.807) is 18.2 Å². The maximum absolute atomic E-state index is 14.2. The standard InChI is InChI=1S/C36H42FNO3/c1-5-26-23(10-8-11-29(26)37)13-15-32(39)27-17-18-36(4)21-25(27)14-16-33(40)28(35(2,3)22-36)20-34(41)31-19-24-9-6-7-12-30(24)38-31/h6-13,15,19,25,27-28,38H,5,14,16-18,20-22H2,1-4H3. The fraction of sp³-hybridized carbons (Fsp3) is 0.472. The molecular weight excluding hydrogens is 513 g/mol. The number of hydrogen-bond acceptors (Lipinski definition) is 3. The highest BCUT2D eigenvalue weighted by molar-refractivity contribution is 6.01. The molecule has 0 saturated heterocycles. The molecule has 0 spiro atoms.